The lowest BCUT2D eigenvalue weighted by atomic mass is 10.3. The Kier molecular flexibility index (Phi) is 5.16. The number of hydrogen-bond acceptors (Lipinski definition) is 4. The maximum absolute atomic E-state index is 12.6. The van der Waals surface area contributed by atoms with Gasteiger partial charge < -0.3 is 14.2 Å². The second-order valence-corrected chi connectivity index (χ2v) is 5.35. The van der Waals surface area contributed by atoms with Gasteiger partial charge in [-0.3, -0.25) is 9.59 Å². The van der Waals surface area contributed by atoms with E-state index in [2.05, 4.69) is 4.74 Å². The van der Waals surface area contributed by atoms with Crippen LogP contribution in [0.2, 0.25) is 0 Å². The second-order valence-electron chi connectivity index (χ2n) is 4.44. The number of carbonyl (C=O) groups is 2. The number of aromatic nitrogens is 1. The molecule has 112 valence electrons. The highest BCUT2D eigenvalue weighted by Gasteiger charge is 2.20. The fourth-order valence-corrected chi connectivity index (χ4v) is 2.89. The Morgan fingerprint density at radius 3 is 2.67 bits per heavy atom. The molecule has 2 aromatic rings. The minimum atomic E-state index is -0.307. The Bertz CT molecular complexity index is 604. The molecule has 2 rings (SSSR count). The average molecular weight is 306 g/mol. The predicted octanol–water partition coefficient (Wildman–Crippen LogP) is 2.56. The van der Waals surface area contributed by atoms with E-state index in [1.165, 1.54) is 18.4 Å². The Hall–Kier alpha value is -2.08. The van der Waals surface area contributed by atoms with Gasteiger partial charge in [0.25, 0.3) is 5.91 Å². The van der Waals surface area contributed by atoms with Crippen molar-refractivity contribution in [3.63, 3.8) is 0 Å². The summed E-state index contributed by atoms with van der Waals surface area (Å²) in [5, 5.41) is 1.90. The molecule has 0 saturated heterocycles. The molecule has 0 spiro atoms. The van der Waals surface area contributed by atoms with Gasteiger partial charge in [0, 0.05) is 25.5 Å². The number of thiophene rings is 1. The van der Waals surface area contributed by atoms with Crippen LogP contribution in [0.25, 0.3) is 5.69 Å². The van der Waals surface area contributed by atoms with E-state index in [-0.39, 0.29) is 18.3 Å². The first-order chi connectivity index (χ1) is 10.2. The highest BCUT2D eigenvalue weighted by atomic mass is 32.1. The van der Waals surface area contributed by atoms with E-state index < -0.39 is 0 Å². The van der Waals surface area contributed by atoms with Gasteiger partial charge in [0.1, 0.15) is 4.88 Å². The van der Waals surface area contributed by atoms with Gasteiger partial charge in [-0.2, -0.15) is 0 Å². The highest BCUT2D eigenvalue weighted by molar-refractivity contribution is 7.12. The molecule has 0 fully saturated rings. The van der Waals surface area contributed by atoms with Crippen molar-refractivity contribution in [1.29, 1.82) is 0 Å². The van der Waals surface area contributed by atoms with Crippen molar-refractivity contribution >= 4 is 23.2 Å². The quantitative estimate of drug-likeness (QED) is 0.771. The van der Waals surface area contributed by atoms with Crippen molar-refractivity contribution in [2.24, 2.45) is 0 Å². The molecule has 21 heavy (non-hydrogen) atoms. The summed E-state index contributed by atoms with van der Waals surface area (Å²) in [7, 11) is 1.35. The molecule has 2 aromatic heterocycles. The van der Waals surface area contributed by atoms with Crippen LogP contribution in [0.15, 0.2) is 36.0 Å². The van der Waals surface area contributed by atoms with E-state index in [1.807, 2.05) is 47.5 Å². The number of methoxy groups -OCH3 is 1. The number of ether oxygens (including phenoxy) is 1. The Morgan fingerprint density at radius 1 is 1.33 bits per heavy atom. The molecule has 0 radical (unpaired) electrons. The fourth-order valence-electron chi connectivity index (χ4n) is 2.04. The summed E-state index contributed by atoms with van der Waals surface area (Å²) in [6.07, 6.45) is 4.02. The van der Waals surface area contributed by atoms with E-state index in [4.69, 9.17) is 0 Å². The zero-order chi connectivity index (χ0) is 15.2. The summed E-state index contributed by atoms with van der Waals surface area (Å²) >= 11 is 1.41. The standard InChI is InChI=1S/C15H18N2O3S/c1-3-16(10-6-13(18)20-2)15(19)14-12(7-11-21-14)17-8-4-5-9-17/h4-5,7-9,11H,3,6,10H2,1-2H3. The number of nitrogens with zero attached hydrogens (tertiary/aromatic N) is 2. The van der Waals surface area contributed by atoms with Crippen molar-refractivity contribution in [2.75, 3.05) is 20.2 Å². The molecule has 0 unspecified atom stereocenters. The first-order valence-corrected chi connectivity index (χ1v) is 7.62. The van der Waals surface area contributed by atoms with Crippen LogP contribution >= 0.6 is 11.3 Å². The number of rotatable bonds is 6. The third-order valence-electron chi connectivity index (χ3n) is 3.20. The second kappa shape index (κ2) is 7.08. The highest BCUT2D eigenvalue weighted by Crippen LogP contribution is 2.23. The van der Waals surface area contributed by atoms with Gasteiger partial charge in [-0.15, -0.1) is 11.3 Å². The van der Waals surface area contributed by atoms with Crippen LogP contribution < -0.4 is 0 Å². The van der Waals surface area contributed by atoms with Crippen molar-refractivity contribution in [3.8, 4) is 5.69 Å². The minimum absolute atomic E-state index is 0.0555. The smallest absolute Gasteiger partial charge is 0.307 e. The Balaban J connectivity index is 2.15. The molecule has 5 nitrogen and oxygen atoms in total. The first kappa shape index (κ1) is 15.3. The number of carbonyl (C=O) groups excluding carboxylic acids is 2. The van der Waals surface area contributed by atoms with E-state index in [9.17, 15) is 9.59 Å². The van der Waals surface area contributed by atoms with E-state index in [1.54, 1.807) is 4.90 Å². The van der Waals surface area contributed by atoms with Crippen LogP contribution in [0.1, 0.15) is 23.0 Å². The molecule has 2 heterocycles. The summed E-state index contributed by atoms with van der Waals surface area (Å²) in [5.74, 6) is -0.363. The van der Waals surface area contributed by atoms with E-state index >= 15 is 0 Å². The molecular formula is C15H18N2O3S. The number of hydrogen-bond donors (Lipinski definition) is 0. The van der Waals surface area contributed by atoms with Gasteiger partial charge in [0.15, 0.2) is 0 Å². The van der Waals surface area contributed by atoms with Crippen LogP contribution in [0.5, 0.6) is 0 Å². The SMILES string of the molecule is CCN(CCC(=O)OC)C(=O)c1sccc1-n1cccc1. The predicted molar refractivity (Wildman–Crippen MR) is 81.9 cm³/mol. The van der Waals surface area contributed by atoms with Crippen LogP contribution in [0.4, 0.5) is 0 Å². The maximum atomic E-state index is 12.6. The van der Waals surface area contributed by atoms with E-state index in [0.29, 0.717) is 18.0 Å². The van der Waals surface area contributed by atoms with Crippen molar-refractivity contribution in [2.45, 2.75) is 13.3 Å². The van der Waals surface area contributed by atoms with Crippen molar-refractivity contribution in [3.05, 3.63) is 40.8 Å². The van der Waals surface area contributed by atoms with Crippen LogP contribution in [-0.2, 0) is 9.53 Å². The molecule has 0 aliphatic heterocycles. The molecule has 0 aliphatic carbocycles. The molecular weight excluding hydrogens is 288 g/mol. The van der Waals surface area contributed by atoms with Gasteiger partial charge in [-0.05, 0) is 30.5 Å². The summed E-state index contributed by atoms with van der Waals surface area (Å²) in [5.41, 5.74) is 0.867. The number of esters is 1. The third-order valence-corrected chi connectivity index (χ3v) is 4.10. The maximum Gasteiger partial charge on any atom is 0.307 e. The normalized spacial score (nSPS) is 10.4. The lowest BCUT2D eigenvalue weighted by Gasteiger charge is -2.20. The zero-order valence-corrected chi connectivity index (χ0v) is 12.9. The van der Waals surface area contributed by atoms with Crippen LogP contribution in [0.3, 0.4) is 0 Å². The molecule has 0 saturated carbocycles. The largest absolute Gasteiger partial charge is 0.469 e. The first-order valence-electron chi connectivity index (χ1n) is 6.74. The van der Waals surface area contributed by atoms with Gasteiger partial charge in [0.2, 0.25) is 0 Å². The molecule has 1 amide bonds. The Morgan fingerprint density at radius 2 is 2.05 bits per heavy atom. The fraction of sp³-hybridized carbons (Fsp3) is 0.333. The third kappa shape index (κ3) is 3.52. The summed E-state index contributed by atoms with van der Waals surface area (Å²) < 4.78 is 6.53. The molecule has 0 aliphatic rings. The monoisotopic (exact) mass is 306 g/mol. The minimum Gasteiger partial charge on any atom is -0.469 e. The molecule has 0 N–H and O–H groups in total. The summed E-state index contributed by atoms with van der Waals surface area (Å²) in [6.45, 7) is 2.82. The zero-order valence-electron chi connectivity index (χ0n) is 12.1. The van der Waals surface area contributed by atoms with Crippen LogP contribution in [0, 0.1) is 0 Å². The van der Waals surface area contributed by atoms with Gasteiger partial charge >= 0.3 is 5.97 Å². The molecule has 0 atom stereocenters. The van der Waals surface area contributed by atoms with Gasteiger partial charge in [-0.25, -0.2) is 0 Å². The van der Waals surface area contributed by atoms with Gasteiger partial charge in [-0.1, -0.05) is 0 Å². The molecule has 6 heteroatoms. The average Bonchev–Trinajstić information content (AvgIpc) is 3.17. The van der Waals surface area contributed by atoms with E-state index in [0.717, 1.165) is 5.69 Å². The summed E-state index contributed by atoms with van der Waals surface area (Å²) in [6, 6.07) is 5.76. The van der Waals surface area contributed by atoms with Crippen LogP contribution in [-0.4, -0.2) is 41.5 Å². The van der Waals surface area contributed by atoms with Crippen molar-refractivity contribution in [1.82, 2.24) is 9.47 Å². The lowest BCUT2D eigenvalue weighted by Crippen LogP contribution is -2.33. The van der Waals surface area contributed by atoms with Crippen molar-refractivity contribution < 1.29 is 14.3 Å². The lowest BCUT2D eigenvalue weighted by molar-refractivity contribution is -0.140. The summed E-state index contributed by atoms with van der Waals surface area (Å²) in [4.78, 5) is 26.2. The van der Waals surface area contributed by atoms with Gasteiger partial charge in [0.05, 0.1) is 19.2 Å². The Labute approximate surface area is 127 Å². The topological polar surface area (TPSA) is 51.5 Å². The number of amides is 1. The molecule has 0 aromatic carbocycles. The molecule has 0 bridgehead atoms.